The predicted octanol–water partition coefficient (Wildman–Crippen LogP) is 4.35. The Hall–Kier alpha value is -2.47. The van der Waals surface area contributed by atoms with Crippen LogP contribution in [-0.2, 0) is 9.59 Å². The van der Waals surface area contributed by atoms with Gasteiger partial charge in [0, 0.05) is 17.7 Å². The highest BCUT2D eigenvalue weighted by Crippen LogP contribution is 2.48. The molecule has 0 saturated heterocycles. The molecule has 0 radical (unpaired) electrons. The number of amides is 1. The summed E-state index contributed by atoms with van der Waals surface area (Å²) >= 11 is 4.22. The summed E-state index contributed by atoms with van der Waals surface area (Å²) in [5.41, 5.74) is 2.85. The number of thiol groups is 1. The molecular formula is C21H22N2O3S. The van der Waals surface area contributed by atoms with Crippen LogP contribution in [0.5, 0.6) is 0 Å². The number of ketones is 1. The maximum Gasteiger partial charge on any atom is 0.237 e. The molecule has 1 aliphatic carbocycles. The summed E-state index contributed by atoms with van der Waals surface area (Å²) in [4.78, 5) is 27.8. The number of furan rings is 1. The molecule has 5 nitrogen and oxygen atoms in total. The van der Waals surface area contributed by atoms with E-state index in [1.807, 2.05) is 30.3 Å². The maximum atomic E-state index is 13.2. The zero-order valence-electron chi connectivity index (χ0n) is 15.4. The minimum absolute atomic E-state index is 0.0356. The highest BCUT2D eigenvalue weighted by Gasteiger charge is 2.43. The summed E-state index contributed by atoms with van der Waals surface area (Å²) in [6.07, 6.45) is 2.73. The quantitative estimate of drug-likeness (QED) is 0.758. The van der Waals surface area contributed by atoms with Gasteiger partial charge in [0.15, 0.2) is 5.78 Å². The highest BCUT2D eigenvalue weighted by atomic mass is 32.1. The van der Waals surface area contributed by atoms with Crippen molar-refractivity contribution >= 4 is 35.7 Å². The first kappa shape index (κ1) is 17.9. The summed E-state index contributed by atoms with van der Waals surface area (Å²) in [7, 11) is 0. The van der Waals surface area contributed by atoms with Crippen molar-refractivity contribution in [1.29, 1.82) is 0 Å². The van der Waals surface area contributed by atoms with Crippen LogP contribution in [0.1, 0.15) is 38.5 Å². The smallest absolute Gasteiger partial charge is 0.237 e. The summed E-state index contributed by atoms with van der Waals surface area (Å²) < 4.78 is 5.68. The van der Waals surface area contributed by atoms with Crippen molar-refractivity contribution in [2.24, 2.45) is 5.41 Å². The molecule has 1 aliphatic heterocycles. The number of fused-ring (bicyclic) bond motifs is 1. The van der Waals surface area contributed by atoms with E-state index in [0.717, 1.165) is 23.5 Å². The SMILES string of the molecule is CC1(C)CC(=O)C2=C(C1)Nc1ccccc1N(C(=O)CS)[C@@H]2c1ccco1. The molecule has 2 heterocycles. The molecular weight excluding hydrogens is 360 g/mol. The fourth-order valence-corrected chi connectivity index (χ4v) is 4.21. The Morgan fingerprint density at radius 3 is 2.74 bits per heavy atom. The topological polar surface area (TPSA) is 62.6 Å². The van der Waals surface area contributed by atoms with Gasteiger partial charge in [-0.05, 0) is 36.1 Å². The molecule has 1 atom stereocenters. The van der Waals surface area contributed by atoms with Crippen LogP contribution in [0.3, 0.4) is 0 Å². The summed E-state index contributed by atoms with van der Waals surface area (Å²) in [6.45, 7) is 4.18. The number of benzene rings is 1. The lowest BCUT2D eigenvalue weighted by atomic mass is 9.74. The minimum atomic E-state index is -0.602. The first-order chi connectivity index (χ1) is 12.9. The van der Waals surface area contributed by atoms with Crippen LogP contribution in [-0.4, -0.2) is 17.4 Å². The van der Waals surface area contributed by atoms with Crippen molar-refractivity contribution in [2.75, 3.05) is 16.0 Å². The van der Waals surface area contributed by atoms with Crippen molar-refractivity contribution < 1.29 is 14.0 Å². The Morgan fingerprint density at radius 1 is 1.26 bits per heavy atom. The molecule has 4 rings (SSSR count). The molecule has 0 spiro atoms. The molecule has 1 aromatic carbocycles. The molecule has 0 bridgehead atoms. The number of Topliss-reactive ketones (excluding diaryl/α,β-unsaturated/α-hetero) is 1. The lowest BCUT2D eigenvalue weighted by Crippen LogP contribution is -2.40. The van der Waals surface area contributed by atoms with E-state index >= 15 is 0 Å². The summed E-state index contributed by atoms with van der Waals surface area (Å²) in [5.74, 6) is 0.470. The second kappa shape index (κ2) is 6.60. The fourth-order valence-electron chi connectivity index (χ4n) is 4.05. The first-order valence-corrected chi connectivity index (χ1v) is 9.63. The molecule has 2 aromatic rings. The lowest BCUT2D eigenvalue weighted by molar-refractivity contribution is -0.118. The number of nitrogens with one attached hydrogen (secondary N) is 1. The van der Waals surface area contributed by atoms with E-state index in [9.17, 15) is 9.59 Å². The van der Waals surface area contributed by atoms with E-state index in [0.29, 0.717) is 17.8 Å². The van der Waals surface area contributed by atoms with Gasteiger partial charge in [0.25, 0.3) is 0 Å². The lowest BCUT2D eigenvalue weighted by Gasteiger charge is -2.35. The molecule has 1 N–H and O–H groups in total. The van der Waals surface area contributed by atoms with Gasteiger partial charge >= 0.3 is 0 Å². The summed E-state index contributed by atoms with van der Waals surface area (Å²) in [5, 5.41) is 3.45. The second-order valence-electron chi connectivity index (χ2n) is 7.82. The second-order valence-corrected chi connectivity index (χ2v) is 8.13. The van der Waals surface area contributed by atoms with Crippen LogP contribution < -0.4 is 10.2 Å². The predicted molar refractivity (Wildman–Crippen MR) is 108 cm³/mol. The number of allylic oxidation sites excluding steroid dienone is 1. The monoisotopic (exact) mass is 382 g/mol. The Kier molecular flexibility index (Phi) is 4.38. The third-order valence-corrected chi connectivity index (χ3v) is 5.39. The number of carbonyl (C=O) groups excluding carboxylic acids is 2. The van der Waals surface area contributed by atoms with Gasteiger partial charge in [0.05, 0.1) is 23.4 Å². The highest BCUT2D eigenvalue weighted by molar-refractivity contribution is 7.81. The molecule has 1 amide bonds. The fraction of sp³-hybridized carbons (Fsp3) is 0.333. The number of rotatable bonds is 2. The van der Waals surface area contributed by atoms with E-state index in [-0.39, 0.29) is 22.9 Å². The van der Waals surface area contributed by atoms with Crippen molar-refractivity contribution in [3.8, 4) is 0 Å². The molecule has 6 heteroatoms. The molecule has 2 aliphatic rings. The maximum absolute atomic E-state index is 13.2. The van der Waals surface area contributed by atoms with Crippen LogP contribution in [0, 0.1) is 5.41 Å². The standard InChI is InChI=1S/C21H22N2O3S/c1-21(2)10-14-19(16(24)11-21)20(17-8-5-9-26-17)23(18(25)12-27)15-7-4-3-6-13(15)22-14/h3-9,20,22,27H,10-12H2,1-2H3/t20-/m1/s1. The van der Waals surface area contributed by atoms with Crippen LogP contribution in [0.4, 0.5) is 11.4 Å². The van der Waals surface area contributed by atoms with Gasteiger partial charge in [0.1, 0.15) is 11.8 Å². The van der Waals surface area contributed by atoms with Gasteiger partial charge in [-0.3, -0.25) is 14.5 Å². The number of para-hydroxylation sites is 2. The van der Waals surface area contributed by atoms with Crippen molar-refractivity contribution in [3.63, 3.8) is 0 Å². The molecule has 0 fully saturated rings. The third kappa shape index (κ3) is 3.08. The zero-order valence-corrected chi connectivity index (χ0v) is 16.3. The van der Waals surface area contributed by atoms with E-state index in [2.05, 4.69) is 31.8 Å². The van der Waals surface area contributed by atoms with Gasteiger partial charge in [-0.15, -0.1) is 0 Å². The largest absolute Gasteiger partial charge is 0.467 e. The van der Waals surface area contributed by atoms with Crippen LogP contribution in [0.2, 0.25) is 0 Å². The Balaban J connectivity index is 2.00. The van der Waals surface area contributed by atoms with Gasteiger partial charge in [-0.2, -0.15) is 12.6 Å². The average Bonchev–Trinajstić information content (AvgIpc) is 3.09. The summed E-state index contributed by atoms with van der Waals surface area (Å²) in [6, 6.07) is 10.6. The number of nitrogens with zero attached hydrogens (tertiary/aromatic N) is 1. The first-order valence-electron chi connectivity index (χ1n) is 9.00. The van der Waals surface area contributed by atoms with E-state index in [1.165, 1.54) is 0 Å². The van der Waals surface area contributed by atoms with Crippen LogP contribution in [0.25, 0.3) is 0 Å². The number of hydrogen-bond donors (Lipinski definition) is 2. The third-order valence-electron chi connectivity index (χ3n) is 5.12. The van der Waals surface area contributed by atoms with Crippen molar-refractivity contribution in [3.05, 3.63) is 59.7 Å². The van der Waals surface area contributed by atoms with Gasteiger partial charge < -0.3 is 9.73 Å². The van der Waals surface area contributed by atoms with Gasteiger partial charge in [0.2, 0.25) is 5.91 Å². The number of carbonyl (C=O) groups is 2. The number of hydrogen-bond acceptors (Lipinski definition) is 5. The van der Waals surface area contributed by atoms with Gasteiger partial charge in [-0.1, -0.05) is 26.0 Å². The van der Waals surface area contributed by atoms with Crippen molar-refractivity contribution in [2.45, 2.75) is 32.7 Å². The van der Waals surface area contributed by atoms with E-state index in [4.69, 9.17) is 4.42 Å². The molecule has 1 aromatic heterocycles. The normalized spacial score (nSPS) is 21.2. The van der Waals surface area contributed by atoms with E-state index < -0.39 is 6.04 Å². The van der Waals surface area contributed by atoms with Crippen LogP contribution in [0.15, 0.2) is 58.3 Å². The van der Waals surface area contributed by atoms with Gasteiger partial charge in [-0.25, -0.2) is 0 Å². The van der Waals surface area contributed by atoms with Crippen molar-refractivity contribution in [1.82, 2.24) is 0 Å². The Morgan fingerprint density at radius 2 is 2.04 bits per heavy atom. The minimum Gasteiger partial charge on any atom is -0.467 e. The molecule has 27 heavy (non-hydrogen) atoms. The van der Waals surface area contributed by atoms with E-state index in [1.54, 1.807) is 17.2 Å². The van der Waals surface area contributed by atoms with Crippen LogP contribution >= 0.6 is 12.6 Å². The molecule has 140 valence electrons. The average molecular weight is 382 g/mol. The molecule has 0 saturated carbocycles. The zero-order chi connectivity index (χ0) is 19.2. The molecule has 0 unspecified atom stereocenters. The Labute approximate surface area is 163 Å². The Bertz CT molecular complexity index is 931. The number of anilines is 2.